The van der Waals surface area contributed by atoms with Gasteiger partial charge < -0.3 is 10.5 Å². The Bertz CT molecular complexity index is 613. The fourth-order valence-electron chi connectivity index (χ4n) is 2.00. The molecule has 0 fully saturated rings. The molecule has 0 radical (unpaired) electrons. The number of halogens is 2. The second kappa shape index (κ2) is 6.37. The minimum atomic E-state index is -0.390. The van der Waals surface area contributed by atoms with Crippen LogP contribution in [0, 0.1) is 12.7 Å². The summed E-state index contributed by atoms with van der Waals surface area (Å²) in [5, 5.41) is 0. The van der Waals surface area contributed by atoms with Gasteiger partial charge in [-0.1, -0.05) is 28.1 Å². The van der Waals surface area contributed by atoms with Gasteiger partial charge in [-0.2, -0.15) is 0 Å². The zero-order valence-electron chi connectivity index (χ0n) is 11.5. The summed E-state index contributed by atoms with van der Waals surface area (Å²) in [4.78, 5) is 0. The average molecular weight is 338 g/mol. The lowest BCUT2D eigenvalue weighted by Crippen LogP contribution is -2.17. The summed E-state index contributed by atoms with van der Waals surface area (Å²) in [6.07, 6.45) is 0.813. The molecule has 2 rings (SSSR count). The number of rotatable bonds is 4. The van der Waals surface area contributed by atoms with Crippen molar-refractivity contribution in [1.29, 1.82) is 0 Å². The van der Waals surface area contributed by atoms with Crippen molar-refractivity contribution in [2.45, 2.75) is 26.3 Å². The number of benzene rings is 2. The maximum Gasteiger partial charge on any atom is 0.166 e. The Morgan fingerprint density at radius 3 is 2.50 bits per heavy atom. The van der Waals surface area contributed by atoms with Crippen LogP contribution in [0.4, 0.5) is 4.39 Å². The predicted octanol–water partition coefficient (Wildman–Crippen LogP) is 4.58. The van der Waals surface area contributed by atoms with Gasteiger partial charge in [-0.05, 0) is 55.7 Å². The fraction of sp³-hybridized carbons (Fsp3) is 0.250. The largest absolute Gasteiger partial charge is 0.454 e. The third-order valence-electron chi connectivity index (χ3n) is 2.91. The van der Waals surface area contributed by atoms with E-state index in [-0.39, 0.29) is 11.8 Å². The van der Waals surface area contributed by atoms with E-state index < -0.39 is 5.82 Å². The Morgan fingerprint density at radius 2 is 1.90 bits per heavy atom. The van der Waals surface area contributed by atoms with Gasteiger partial charge in [0.2, 0.25) is 0 Å². The molecule has 0 heterocycles. The zero-order chi connectivity index (χ0) is 14.7. The molecule has 2 N–H and O–H groups in total. The van der Waals surface area contributed by atoms with Crippen molar-refractivity contribution in [3.05, 3.63) is 57.8 Å². The first-order chi connectivity index (χ1) is 9.45. The molecule has 106 valence electrons. The van der Waals surface area contributed by atoms with E-state index in [2.05, 4.69) is 15.9 Å². The van der Waals surface area contributed by atoms with E-state index in [1.165, 1.54) is 6.07 Å². The van der Waals surface area contributed by atoms with Gasteiger partial charge >= 0.3 is 0 Å². The molecule has 0 aliphatic carbocycles. The molecule has 4 heteroatoms. The van der Waals surface area contributed by atoms with E-state index in [4.69, 9.17) is 10.5 Å². The van der Waals surface area contributed by atoms with E-state index >= 15 is 0 Å². The third kappa shape index (κ3) is 3.81. The second-order valence-corrected chi connectivity index (χ2v) is 5.87. The summed E-state index contributed by atoms with van der Waals surface area (Å²) in [6.45, 7) is 3.91. The molecular formula is C16H17BrFNO. The van der Waals surface area contributed by atoms with Crippen LogP contribution in [0.1, 0.15) is 18.1 Å². The van der Waals surface area contributed by atoms with Crippen LogP contribution in [0.15, 0.2) is 40.9 Å². The van der Waals surface area contributed by atoms with Gasteiger partial charge in [-0.3, -0.25) is 0 Å². The lowest BCUT2D eigenvalue weighted by Gasteiger charge is -2.12. The number of ether oxygens (including phenoxy) is 1. The molecule has 20 heavy (non-hydrogen) atoms. The Labute approximate surface area is 126 Å². The molecule has 2 aromatic carbocycles. The van der Waals surface area contributed by atoms with Crippen molar-refractivity contribution < 1.29 is 9.13 Å². The van der Waals surface area contributed by atoms with Crippen LogP contribution in [0.25, 0.3) is 0 Å². The van der Waals surface area contributed by atoms with Crippen LogP contribution in [0.3, 0.4) is 0 Å². The Hall–Kier alpha value is -1.39. The lowest BCUT2D eigenvalue weighted by molar-refractivity contribution is 0.439. The molecule has 0 spiro atoms. The Balaban J connectivity index is 2.21. The number of aryl methyl sites for hydroxylation is 1. The maximum absolute atomic E-state index is 13.7. The van der Waals surface area contributed by atoms with E-state index in [1.54, 1.807) is 12.1 Å². The molecule has 0 saturated heterocycles. The number of hydrogen-bond donors (Lipinski definition) is 1. The quantitative estimate of drug-likeness (QED) is 0.886. The first-order valence-corrected chi connectivity index (χ1v) is 7.23. The standard InChI is InChI=1S/C16H17BrFNO/c1-10-7-12(8-11(2)19)3-5-15(10)20-16-6-4-13(17)9-14(16)18/h3-7,9,11H,8,19H2,1-2H3. The van der Waals surface area contributed by atoms with E-state index in [0.29, 0.717) is 10.2 Å². The molecular weight excluding hydrogens is 321 g/mol. The highest BCUT2D eigenvalue weighted by Crippen LogP contribution is 2.29. The van der Waals surface area contributed by atoms with Crippen LogP contribution in [0.5, 0.6) is 11.5 Å². The number of nitrogens with two attached hydrogens (primary N) is 1. The van der Waals surface area contributed by atoms with E-state index in [0.717, 1.165) is 17.5 Å². The highest BCUT2D eigenvalue weighted by atomic mass is 79.9. The van der Waals surface area contributed by atoms with Crippen LogP contribution < -0.4 is 10.5 Å². The summed E-state index contributed by atoms with van der Waals surface area (Å²) < 4.78 is 20.1. The van der Waals surface area contributed by atoms with Crippen molar-refractivity contribution >= 4 is 15.9 Å². The highest BCUT2D eigenvalue weighted by molar-refractivity contribution is 9.10. The topological polar surface area (TPSA) is 35.2 Å². The Kier molecular flexibility index (Phi) is 4.78. The minimum absolute atomic E-state index is 0.116. The van der Waals surface area contributed by atoms with E-state index in [9.17, 15) is 4.39 Å². The van der Waals surface area contributed by atoms with Crippen LogP contribution >= 0.6 is 15.9 Å². The average Bonchev–Trinajstić information content (AvgIpc) is 2.34. The van der Waals surface area contributed by atoms with Crippen LogP contribution in [-0.2, 0) is 6.42 Å². The van der Waals surface area contributed by atoms with Crippen LogP contribution in [-0.4, -0.2) is 6.04 Å². The minimum Gasteiger partial charge on any atom is -0.454 e. The van der Waals surface area contributed by atoms with Gasteiger partial charge in [0, 0.05) is 10.5 Å². The maximum atomic E-state index is 13.7. The van der Waals surface area contributed by atoms with Crippen molar-refractivity contribution in [3.8, 4) is 11.5 Å². The first-order valence-electron chi connectivity index (χ1n) is 6.43. The van der Waals surface area contributed by atoms with Gasteiger partial charge in [0.1, 0.15) is 5.75 Å². The zero-order valence-corrected chi connectivity index (χ0v) is 13.1. The monoisotopic (exact) mass is 337 g/mol. The van der Waals surface area contributed by atoms with Gasteiger partial charge in [-0.15, -0.1) is 0 Å². The highest BCUT2D eigenvalue weighted by Gasteiger charge is 2.08. The SMILES string of the molecule is Cc1cc(CC(C)N)ccc1Oc1ccc(Br)cc1F. The molecule has 1 unspecified atom stereocenters. The molecule has 0 bridgehead atoms. The van der Waals surface area contributed by atoms with Crippen molar-refractivity contribution in [2.75, 3.05) is 0 Å². The molecule has 2 aromatic rings. The smallest absolute Gasteiger partial charge is 0.166 e. The van der Waals surface area contributed by atoms with E-state index in [1.807, 2.05) is 32.0 Å². The number of hydrogen-bond acceptors (Lipinski definition) is 2. The summed E-state index contributed by atoms with van der Waals surface area (Å²) in [7, 11) is 0. The molecule has 0 saturated carbocycles. The summed E-state index contributed by atoms with van der Waals surface area (Å²) in [5.41, 5.74) is 7.90. The van der Waals surface area contributed by atoms with Gasteiger partial charge in [0.15, 0.2) is 11.6 Å². The molecule has 0 aliphatic heterocycles. The first kappa shape index (κ1) is 15.0. The molecule has 0 aromatic heterocycles. The van der Waals surface area contributed by atoms with Crippen molar-refractivity contribution in [1.82, 2.24) is 0 Å². The van der Waals surface area contributed by atoms with Gasteiger partial charge in [0.05, 0.1) is 0 Å². The fourth-order valence-corrected chi connectivity index (χ4v) is 2.33. The Morgan fingerprint density at radius 1 is 1.20 bits per heavy atom. The second-order valence-electron chi connectivity index (χ2n) is 4.96. The summed E-state index contributed by atoms with van der Waals surface area (Å²) >= 11 is 3.22. The van der Waals surface area contributed by atoms with Crippen LogP contribution in [0.2, 0.25) is 0 Å². The molecule has 0 aliphatic rings. The van der Waals surface area contributed by atoms with Gasteiger partial charge in [0.25, 0.3) is 0 Å². The lowest BCUT2D eigenvalue weighted by atomic mass is 10.0. The third-order valence-corrected chi connectivity index (χ3v) is 3.40. The predicted molar refractivity (Wildman–Crippen MR) is 82.7 cm³/mol. The van der Waals surface area contributed by atoms with Crippen molar-refractivity contribution in [2.24, 2.45) is 5.73 Å². The normalized spacial score (nSPS) is 12.2. The molecule has 2 nitrogen and oxygen atoms in total. The summed E-state index contributed by atoms with van der Waals surface area (Å²) in [6, 6.07) is 10.7. The summed E-state index contributed by atoms with van der Waals surface area (Å²) in [5.74, 6) is 0.481. The molecule has 0 amide bonds. The van der Waals surface area contributed by atoms with Crippen molar-refractivity contribution in [3.63, 3.8) is 0 Å². The molecule has 1 atom stereocenters. The van der Waals surface area contributed by atoms with Gasteiger partial charge in [-0.25, -0.2) is 4.39 Å².